The van der Waals surface area contributed by atoms with Crippen LogP contribution in [0, 0.1) is 0 Å². The first-order valence-corrected chi connectivity index (χ1v) is 10.3. The van der Waals surface area contributed by atoms with Gasteiger partial charge in [-0.05, 0) is 35.9 Å². The van der Waals surface area contributed by atoms with Crippen LogP contribution in [0.4, 0.5) is 5.69 Å². The minimum atomic E-state index is -3.53. The summed E-state index contributed by atoms with van der Waals surface area (Å²) in [6.45, 7) is 0.405. The first-order valence-electron chi connectivity index (χ1n) is 8.83. The second kappa shape index (κ2) is 8.85. The molecule has 3 aromatic rings. The molecule has 0 saturated carbocycles. The van der Waals surface area contributed by atoms with Gasteiger partial charge in [-0.2, -0.15) is 0 Å². The van der Waals surface area contributed by atoms with Crippen LogP contribution in [0.2, 0.25) is 0 Å². The first kappa shape index (κ1) is 20.5. The first-order chi connectivity index (χ1) is 13.9. The Kier molecular flexibility index (Phi) is 6.26. The van der Waals surface area contributed by atoms with Gasteiger partial charge in [-0.1, -0.05) is 30.3 Å². The topological polar surface area (TPSA) is 88.6 Å². The summed E-state index contributed by atoms with van der Waals surface area (Å²) in [6.07, 6.45) is 1.50. The van der Waals surface area contributed by atoms with E-state index in [4.69, 9.17) is 4.74 Å². The van der Waals surface area contributed by atoms with Gasteiger partial charge in [-0.25, -0.2) is 17.7 Å². The summed E-state index contributed by atoms with van der Waals surface area (Å²) in [4.78, 5) is 16.7. The number of carbonyl (C=O) groups is 1. The number of benzene rings is 2. The Balaban J connectivity index is 1.60. The van der Waals surface area contributed by atoms with E-state index in [1.807, 2.05) is 30.3 Å². The Hall–Kier alpha value is -3.23. The van der Waals surface area contributed by atoms with E-state index in [0.717, 1.165) is 9.87 Å². The number of pyridine rings is 1. The molecule has 1 heterocycles. The Morgan fingerprint density at radius 2 is 1.69 bits per heavy atom. The van der Waals surface area contributed by atoms with E-state index in [1.165, 1.54) is 44.6 Å². The van der Waals surface area contributed by atoms with Crippen LogP contribution < -0.4 is 10.1 Å². The fourth-order valence-corrected chi connectivity index (χ4v) is 3.37. The van der Waals surface area contributed by atoms with Gasteiger partial charge in [0.25, 0.3) is 5.91 Å². The van der Waals surface area contributed by atoms with Gasteiger partial charge < -0.3 is 10.1 Å². The van der Waals surface area contributed by atoms with Crippen molar-refractivity contribution < 1.29 is 17.9 Å². The molecule has 0 aliphatic rings. The molecule has 0 bridgehead atoms. The normalized spacial score (nSPS) is 11.3. The van der Waals surface area contributed by atoms with Gasteiger partial charge in [-0.15, -0.1) is 0 Å². The van der Waals surface area contributed by atoms with Crippen molar-refractivity contribution in [2.24, 2.45) is 0 Å². The number of nitrogens with zero attached hydrogens (tertiary/aromatic N) is 2. The summed E-state index contributed by atoms with van der Waals surface area (Å²) >= 11 is 0. The van der Waals surface area contributed by atoms with E-state index in [0.29, 0.717) is 23.7 Å². The summed E-state index contributed by atoms with van der Waals surface area (Å²) in [5.74, 6) is 0.0867. The van der Waals surface area contributed by atoms with Crippen LogP contribution in [0.15, 0.2) is 77.8 Å². The van der Waals surface area contributed by atoms with Crippen LogP contribution >= 0.6 is 0 Å². The van der Waals surface area contributed by atoms with Crippen molar-refractivity contribution in [3.8, 4) is 5.88 Å². The van der Waals surface area contributed by atoms with Crippen LogP contribution in [-0.2, 0) is 16.6 Å². The molecular weight excluding hydrogens is 390 g/mol. The highest BCUT2D eigenvalue weighted by atomic mass is 32.2. The molecule has 1 aromatic heterocycles. The summed E-state index contributed by atoms with van der Waals surface area (Å²) in [7, 11) is -0.622. The zero-order chi connectivity index (χ0) is 20.9. The average Bonchev–Trinajstić information content (AvgIpc) is 2.74. The molecule has 150 valence electrons. The van der Waals surface area contributed by atoms with E-state index < -0.39 is 10.0 Å². The molecule has 0 fully saturated rings. The van der Waals surface area contributed by atoms with Crippen molar-refractivity contribution in [3.63, 3.8) is 0 Å². The summed E-state index contributed by atoms with van der Waals surface area (Å²) in [6, 6.07) is 18.8. The zero-order valence-corrected chi connectivity index (χ0v) is 16.9. The SMILES string of the molecule is CN(C)S(=O)(=O)c1ccc(C(=O)Nc2ccc(OCc3ccccc3)nc2)cc1. The predicted molar refractivity (Wildman–Crippen MR) is 110 cm³/mol. The Bertz CT molecular complexity index is 1070. The highest BCUT2D eigenvalue weighted by molar-refractivity contribution is 7.89. The second-order valence-corrected chi connectivity index (χ2v) is 8.58. The smallest absolute Gasteiger partial charge is 0.255 e. The molecule has 1 amide bonds. The summed E-state index contributed by atoms with van der Waals surface area (Å²) in [5.41, 5.74) is 1.88. The molecule has 7 nitrogen and oxygen atoms in total. The van der Waals surface area contributed by atoms with Crippen molar-refractivity contribution in [1.82, 2.24) is 9.29 Å². The van der Waals surface area contributed by atoms with E-state index >= 15 is 0 Å². The Morgan fingerprint density at radius 1 is 1.00 bits per heavy atom. The lowest BCUT2D eigenvalue weighted by Crippen LogP contribution is -2.22. The fourth-order valence-electron chi connectivity index (χ4n) is 2.46. The minimum absolute atomic E-state index is 0.126. The lowest BCUT2D eigenvalue weighted by atomic mass is 10.2. The largest absolute Gasteiger partial charge is 0.473 e. The molecule has 1 N–H and O–H groups in total. The van der Waals surface area contributed by atoms with Crippen LogP contribution in [0.25, 0.3) is 0 Å². The predicted octanol–water partition coefficient (Wildman–Crippen LogP) is 3.16. The zero-order valence-electron chi connectivity index (χ0n) is 16.1. The van der Waals surface area contributed by atoms with Crippen LogP contribution in [0.1, 0.15) is 15.9 Å². The molecular formula is C21H21N3O4S. The van der Waals surface area contributed by atoms with Gasteiger partial charge in [0, 0.05) is 25.7 Å². The molecule has 3 rings (SSSR count). The molecule has 0 aliphatic carbocycles. The van der Waals surface area contributed by atoms with Gasteiger partial charge >= 0.3 is 0 Å². The molecule has 0 aliphatic heterocycles. The third-order valence-electron chi connectivity index (χ3n) is 4.12. The number of anilines is 1. The number of ether oxygens (including phenoxy) is 1. The number of hydrogen-bond acceptors (Lipinski definition) is 5. The maximum absolute atomic E-state index is 12.4. The highest BCUT2D eigenvalue weighted by Crippen LogP contribution is 2.17. The van der Waals surface area contributed by atoms with Crippen molar-refractivity contribution in [1.29, 1.82) is 0 Å². The van der Waals surface area contributed by atoms with Gasteiger partial charge in [-0.3, -0.25) is 4.79 Å². The number of hydrogen-bond donors (Lipinski definition) is 1. The van der Waals surface area contributed by atoms with Crippen LogP contribution in [0.3, 0.4) is 0 Å². The monoisotopic (exact) mass is 411 g/mol. The van der Waals surface area contributed by atoms with Crippen LogP contribution in [-0.4, -0.2) is 37.7 Å². The van der Waals surface area contributed by atoms with Gasteiger partial charge in [0.15, 0.2) is 0 Å². The van der Waals surface area contributed by atoms with Crippen molar-refractivity contribution in [3.05, 3.63) is 84.1 Å². The molecule has 29 heavy (non-hydrogen) atoms. The lowest BCUT2D eigenvalue weighted by Gasteiger charge is -2.11. The Morgan fingerprint density at radius 3 is 2.28 bits per heavy atom. The lowest BCUT2D eigenvalue weighted by molar-refractivity contribution is 0.102. The summed E-state index contributed by atoms with van der Waals surface area (Å²) in [5, 5.41) is 2.72. The van der Waals surface area contributed by atoms with E-state index in [1.54, 1.807) is 12.1 Å². The number of rotatable bonds is 7. The van der Waals surface area contributed by atoms with E-state index in [-0.39, 0.29) is 10.8 Å². The number of nitrogens with one attached hydrogen (secondary N) is 1. The molecule has 0 radical (unpaired) electrons. The number of sulfonamides is 1. The van der Waals surface area contributed by atoms with Crippen molar-refractivity contribution >= 4 is 21.6 Å². The molecule has 8 heteroatoms. The molecule has 0 unspecified atom stereocenters. The molecule has 0 saturated heterocycles. The van der Waals surface area contributed by atoms with E-state index in [9.17, 15) is 13.2 Å². The van der Waals surface area contributed by atoms with Crippen molar-refractivity contribution in [2.45, 2.75) is 11.5 Å². The quantitative estimate of drug-likeness (QED) is 0.645. The standard InChI is InChI=1S/C21H21N3O4S/c1-24(2)29(26,27)19-11-8-17(9-12-19)21(25)23-18-10-13-20(22-14-18)28-15-16-6-4-3-5-7-16/h3-14H,15H2,1-2H3,(H,23,25). The molecule has 0 spiro atoms. The van der Waals surface area contributed by atoms with Gasteiger partial charge in [0.2, 0.25) is 15.9 Å². The maximum Gasteiger partial charge on any atom is 0.255 e. The van der Waals surface area contributed by atoms with Gasteiger partial charge in [0.1, 0.15) is 6.61 Å². The molecule has 2 aromatic carbocycles. The third-order valence-corrected chi connectivity index (χ3v) is 5.95. The Labute approximate surface area is 170 Å². The van der Waals surface area contributed by atoms with E-state index in [2.05, 4.69) is 10.3 Å². The van der Waals surface area contributed by atoms with Crippen LogP contribution in [0.5, 0.6) is 5.88 Å². The minimum Gasteiger partial charge on any atom is -0.473 e. The fraction of sp³-hybridized carbons (Fsp3) is 0.143. The van der Waals surface area contributed by atoms with Gasteiger partial charge in [0.05, 0.1) is 16.8 Å². The number of carbonyl (C=O) groups excluding carboxylic acids is 1. The third kappa shape index (κ3) is 5.18. The molecule has 0 atom stereocenters. The number of aromatic nitrogens is 1. The van der Waals surface area contributed by atoms with Crippen molar-refractivity contribution in [2.75, 3.05) is 19.4 Å². The second-order valence-electron chi connectivity index (χ2n) is 6.43. The maximum atomic E-state index is 12.4. The summed E-state index contributed by atoms with van der Waals surface area (Å²) < 4.78 is 30.9. The highest BCUT2D eigenvalue weighted by Gasteiger charge is 2.17. The average molecular weight is 411 g/mol. The number of amides is 1.